The lowest BCUT2D eigenvalue weighted by Gasteiger charge is -2.30. The Bertz CT molecular complexity index is 896. The zero-order valence-corrected chi connectivity index (χ0v) is 19.2. The molecule has 1 aliphatic carbocycles. The van der Waals surface area contributed by atoms with Crippen molar-refractivity contribution in [2.75, 3.05) is 24.3 Å². The van der Waals surface area contributed by atoms with Crippen LogP contribution in [0.15, 0.2) is 41.0 Å². The van der Waals surface area contributed by atoms with Crippen molar-refractivity contribution in [3.8, 4) is 0 Å². The quantitative estimate of drug-likeness (QED) is 0.679. The molecule has 7 heteroatoms. The number of rotatable bonds is 7. The molecule has 168 valence electrons. The second-order valence-corrected chi connectivity index (χ2v) is 9.47. The number of furan rings is 1. The van der Waals surface area contributed by atoms with Gasteiger partial charge in [-0.1, -0.05) is 6.42 Å². The molecule has 0 radical (unpaired) electrons. The third-order valence-corrected chi connectivity index (χ3v) is 5.36. The summed E-state index contributed by atoms with van der Waals surface area (Å²) in [5.41, 5.74) is 2.34. The molecular weight excluding hydrogens is 392 g/mol. The van der Waals surface area contributed by atoms with Crippen LogP contribution in [-0.4, -0.2) is 36.5 Å². The van der Waals surface area contributed by atoms with Crippen LogP contribution in [0.4, 0.5) is 16.2 Å². The Morgan fingerprint density at radius 3 is 2.42 bits per heavy atom. The van der Waals surface area contributed by atoms with Gasteiger partial charge in [-0.25, -0.2) is 4.79 Å². The van der Waals surface area contributed by atoms with E-state index >= 15 is 0 Å². The summed E-state index contributed by atoms with van der Waals surface area (Å²) < 4.78 is 5.49. The predicted octanol–water partition coefficient (Wildman–Crippen LogP) is 4.59. The van der Waals surface area contributed by atoms with Gasteiger partial charge in [0.1, 0.15) is 5.76 Å². The molecule has 2 aromatic rings. The molecule has 31 heavy (non-hydrogen) atoms. The summed E-state index contributed by atoms with van der Waals surface area (Å²) in [6.45, 7) is 6.59. The van der Waals surface area contributed by atoms with Crippen LogP contribution >= 0.6 is 0 Å². The van der Waals surface area contributed by atoms with Gasteiger partial charge < -0.3 is 24.9 Å². The van der Waals surface area contributed by atoms with E-state index in [2.05, 4.69) is 10.6 Å². The van der Waals surface area contributed by atoms with Crippen molar-refractivity contribution in [2.45, 2.75) is 58.7 Å². The van der Waals surface area contributed by atoms with Crippen LogP contribution in [0.3, 0.4) is 0 Å². The zero-order valence-electron chi connectivity index (χ0n) is 19.2. The zero-order chi connectivity index (χ0) is 22.6. The molecule has 3 rings (SSSR count). The number of nitrogens with one attached hydrogen (secondary N) is 2. The van der Waals surface area contributed by atoms with Crippen LogP contribution in [0.1, 0.15) is 51.4 Å². The predicted molar refractivity (Wildman–Crippen MR) is 123 cm³/mol. The largest absolute Gasteiger partial charge is 0.467 e. The van der Waals surface area contributed by atoms with Gasteiger partial charge in [0.2, 0.25) is 5.91 Å². The Labute approximate surface area is 184 Å². The van der Waals surface area contributed by atoms with Gasteiger partial charge in [-0.3, -0.25) is 4.79 Å². The van der Waals surface area contributed by atoms with Crippen LogP contribution in [0.25, 0.3) is 0 Å². The fourth-order valence-corrected chi connectivity index (χ4v) is 3.54. The maximum absolute atomic E-state index is 13.1. The molecule has 1 aliphatic rings. The summed E-state index contributed by atoms with van der Waals surface area (Å²) in [7, 11) is 3.94. The minimum absolute atomic E-state index is 0.0766. The van der Waals surface area contributed by atoms with Crippen LogP contribution in [0, 0.1) is 5.92 Å². The molecule has 1 heterocycles. The molecule has 0 atom stereocenters. The molecule has 3 amide bonds. The van der Waals surface area contributed by atoms with E-state index in [1.54, 1.807) is 11.2 Å². The minimum atomic E-state index is -0.360. The number of benzene rings is 1. The first kappa shape index (κ1) is 22.7. The molecule has 7 nitrogen and oxygen atoms in total. The third-order valence-electron chi connectivity index (χ3n) is 5.36. The minimum Gasteiger partial charge on any atom is -0.467 e. The highest BCUT2D eigenvalue weighted by molar-refractivity contribution is 5.93. The van der Waals surface area contributed by atoms with Crippen molar-refractivity contribution in [1.29, 1.82) is 0 Å². The number of nitrogens with zero attached hydrogens (tertiary/aromatic N) is 2. The summed E-state index contributed by atoms with van der Waals surface area (Å²) in [6, 6.07) is 9.37. The average Bonchev–Trinajstić information content (AvgIpc) is 3.11. The van der Waals surface area contributed by atoms with Crippen molar-refractivity contribution in [3.05, 3.63) is 47.9 Å². The van der Waals surface area contributed by atoms with E-state index in [1.165, 1.54) is 0 Å². The Hall–Kier alpha value is -2.96. The number of hydrogen-bond acceptors (Lipinski definition) is 4. The van der Waals surface area contributed by atoms with Crippen molar-refractivity contribution in [3.63, 3.8) is 0 Å². The lowest BCUT2D eigenvalue weighted by Crippen LogP contribution is -2.48. The molecule has 0 unspecified atom stereocenters. The fourth-order valence-electron chi connectivity index (χ4n) is 3.54. The number of urea groups is 1. The van der Waals surface area contributed by atoms with E-state index in [0.29, 0.717) is 18.8 Å². The standard InChI is InChI=1S/C24H34N4O3/c1-24(2,3)26-23(30)28(16-20-10-7-13-31-20)15-18-14-19(11-12-21(18)27(4)5)25-22(29)17-8-6-9-17/h7,10-14,17H,6,8-9,15-16H2,1-5H3,(H,25,29)(H,26,30). The lowest BCUT2D eigenvalue weighted by molar-refractivity contribution is -0.122. The van der Waals surface area contributed by atoms with Crippen LogP contribution in [-0.2, 0) is 17.9 Å². The average molecular weight is 427 g/mol. The van der Waals surface area contributed by atoms with E-state index < -0.39 is 0 Å². The van der Waals surface area contributed by atoms with Gasteiger partial charge in [-0.2, -0.15) is 0 Å². The van der Waals surface area contributed by atoms with Crippen molar-refractivity contribution >= 4 is 23.3 Å². The van der Waals surface area contributed by atoms with Gasteiger partial charge in [0.25, 0.3) is 0 Å². The van der Waals surface area contributed by atoms with Gasteiger partial charge in [0.05, 0.1) is 19.4 Å². The van der Waals surface area contributed by atoms with Crippen molar-refractivity contribution in [1.82, 2.24) is 10.2 Å². The van der Waals surface area contributed by atoms with Crippen LogP contribution in [0.5, 0.6) is 0 Å². The fraction of sp³-hybridized carbons (Fsp3) is 0.500. The van der Waals surface area contributed by atoms with Crippen LogP contribution in [0.2, 0.25) is 0 Å². The highest BCUT2D eigenvalue weighted by Gasteiger charge is 2.26. The maximum Gasteiger partial charge on any atom is 0.318 e. The van der Waals surface area contributed by atoms with Gasteiger partial charge in [0, 0.05) is 36.9 Å². The maximum atomic E-state index is 13.1. The monoisotopic (exact) mass is 426 g/mol. The molecule has 0 aliphatic heterocycles. The topological polar surface area (TPSA) is 77.8 Å². The highest BCUT2D eigenvalue weighted by Crippen LogP contribution is 2.29. The van der Waals surface area contributed by atoms with Gasteiger partial charge in [-0.05, 0) is 69.5 Å². The molecular formula is C24H34N4O3. The van der Waals surface area contributed by atoms with Crippen molar-refractivity contribution < 1.29 is 14.0 Å². The molecule has 0 saturated heterocycles. The molecule has 1 aromatic carbocycles. The summed E-state index contributed by atoms with van der Waals surface area (Å²) in [5.74, 6) is 0.905. The Morgan fingerprint density at radius 1 is 1.13 bits per heavy atom. The SMILES string of the molecule is CN(C)c1ccc(NC(=O)C2CCC2)cc1CN(Cc1ccco1)C(=O)NC(C)(C)C. The second-order valence-electron chi connectivity index (χ2n) is 9.47. The van der Waals surface area contributed by atoms with Crippen molar-refractivity contribution in [2.24, 2.45) is 5.92 Å². The Kier molecular flexibility index (Phi) is 6.93. The van der Waals surface area contributed by atoms with E-state index in [-0.39, 0.29) is 23.4 Å². The summed E-state index contributed by atoms with van der Waals surface area (Å²) >= 11 is 0. The molecule has 1 aromatic heterocycles. The van der Waals surface area contributed by atoms with Gasteiger partial charge in [0.15, 0.2) is 0 Å². The smallest absolute Gasteiger partial charge is 0.318 e. The number of carbonyl (C=O) groups is 2. The summed E-state index contributed by atoms with van der Waals surface area (Å²) in [5, 5.41) is 6.08. The number of amides is 3. The van der Waals surface area contributed by atoms with Gasteiger partial charge in [-0.15, -0.1) is 0 Å². The Balaban J connectivity index is 1.85. The van der Waals surface area contributed by atoms with E-state index in [1.807, 2.05) is 70.1 Å². The first-order valence-electron chi connectivity index (χ1n) is 10.8. The normalized spacial score (nSPS) is 14.0. The van der Waals surface area contributed by atoms with Crippen LogP contribution < -0.4 is 15.5 Å². The molecule has 0 spiro atoms. The van der Waals surface area contributed by atoms with E-state index in [0.717, 1.165) is 36.2 Å². The van der Waals surface area contributed by atoms with E-state index in [4.69, 9.17) is 4.42 Å². The number of carbonyl (C=O) groups excluding carboxylic acids is 2. The van der Waals surface area contributed by atoms with E-state index in [9.17, 15) is 9.59 Å². The third kappa shape index (κ3) is 6.26. The highest BCUT2D eigenvalue weighted by atomic mass is 16.3. The molecule has 2 N–H and O–H groups in total. The number of hydrogen-bond donors (Lipinski definition) is 2. The second kappa shape index (κ2) is 9.45. The number of anilines is 2. The molecule has 1 fully saturated rings. The summed E-state index contributed by atoms with van der Waals surface area (Å²) in [4.78, 5) is 29.2. The lowest BCUT2D eigenvalue weighted by atomic mass is 9.85. The van der Waals surface area contributed by atoms with Gasteiger partial charge >= 0.3 is 6.03 Å². The summed E-state index contributed by atoms with van der Waals surface area (Å²) in [6.07, 6.45) is 4.64. The molecule has 0 bridgehead atoms. The first-order chi connectivity index (χ1) is 14.6. The first-order valence-corrected chi connectivity index (χ1v) is 10.8. The Morgan fingerprint density at radius 2 is 1.87 bits per heavy atom. The molecule has 1 saturated carbocycles.